The molecule has 3 aliphatic rings. The van der Waals surface area contributed by atoms with Crippen LogP contribution in [0.3, 0.4) is 0 Å². The summed E-state index contributed by atoms with van der Waals surface area (Å²) in [7, 11) is 1.89. The highest BCUT2D eigenvalue weighted by Gasteiger charge is 2.41. The molecule has 0 aromatic rings. The molecule has 3 rings (SSSR count). The lowest BCUT2D eigenvalue weighted by Crippen LogP contribution is -2.38. The molecule has 4 nitrogen and oxygen atoms in total. The Hall–Kier alpha value is -1.06. The van der Waals surface area contributed by atoms with Crippen LogP contribution in [0.2, 0.25) is 0 Å². The number of hydrogen-bond acceptors (Lipinski definition) is 2. The molecule has 2 aliphatic carbocycles. The fraction of sp³-hybridized carbons (Fsp3) is 0.857. The molecular formula is C14H22N2O2. The van der Waals surface area contributed by atoms with Crippen LogP contribution < -0.4 is 0 Å². The average molecular weight is 250 g/mol. The first-order valence-electron chi connectivity index (χ1n) is 7.23. The summed E-state index contributed by atoms with van der Waals surface area (Å²) in [6.07, 6.45) is 7.43. The summed E-state index contributed by atoms with van der Waals surface area (Å²) in [6, 6.07) is 0.870. The first kappa shape index (κ1) is 12.0. The third-order valence-corrected chi connectivity index (χ3v) is 4.72. The Morgan fingerprint density at radius 2 is 1.89 bits per heavy atom. The van der Waals surface area contributed by atoms with Crippen LogP contribution in [0.15, 0.2) is 0 Å². The molecule has 0 N–H and O–H groups in total. The number of carbonyl (C=O) groups excluding carboxylic acids is 2. The minimum absolute atomic E-state index is 0.0799. The van der Waals surface area contributed by atoms with Crippen molar-refractivity contribution in [1.82, 2.24) is 9.80 Å². The van der Waals surface area contributed by atoms with Gasteiger partial charge in [-0.3, -0.25) is 9.59 Å². The van der Waals surface area contributed by atoms with E-state index in [2.05, 4.69) is 0 Å². The van der Waals surface area contributed by atoms with Gasteiger partial charge in [-0.05, 0) is 25.7 Å². The monoisotopic (exact) mass is 250 g/mol. The maximum Gasteiger partial charge on any atom is 0.227 e. The maximum absolute atomic E-state index is 12.3. The third kappa shape index (κ3) is 2.13. The largest absolute Gasteiger partial charge is 0.342 e. The number of carbonyl (C=O) groups is 2. The molecular weight excluding hydrogens is 228 g/mol. The summed E-state index contributed by atoms with van der Waals surface area (Å²) in [5.74, 6) is 0.305. The van der Waals surface area contributed by atoms with E-state index in [0.29, 0.717) is 25.0 Å². The van der Waals surface area contributed by atoms with Gasteiger partial charge in [0.1, 0.15) is 0 Å². The van der Waals surface area contributed by atoms with Gasteiger partial charge in [-0.25, -0.2) is 0 Å². The van der Waals surface area contributed by atoms with Crippen molar-refractivity contribution in [3.63, 3.8) is 0 Å². The van der Waals surface area contributed by atoms with Crippen LogP contribution in [-0.2, 0) is 9.59 Å². The Balaban J connectivity index is 1.61. The minimum atomic E-state index is -0.0799. The molecule has 1 saturated heterocycles. The zero-order chi connectivity index (χ0) is 12.7. The molecule has 1 aliphatic heterocycles. The predicted molar refractivity (Wildman–Crippen MR) is 67.9 cm³/mol. The lowest BCUT2D eigenvalue weighted by molar-refractivity contribution is -0.135. The molecule has 0 aromatic carbocycles. The molecule has 18 heavy (non-hydrogen) atoms. The van der Waals surface area contributed by atoms with Crippen molar-refractivity contribution >= 4 is 11.8 Å². The van der Waals surface area contributed by atoms with Gasteiger partial charge in [-0.2, -0.15) is 0 Å². The molecule has 2 saturated carbocycles. The highest BCUT2D eigenvalue weighted by molar-refractivity contribution is 5.89. The van der Waals surface area contributed by atoms with E-state index >= 15 is 0 Å². The highest BCUT2D eigenvalue weighted by atomic mass is 16.2. The molecule has 2 amide bonds. The second-order valence-electron chi connectivity index (χ2n) is 6.07. The fourth-order valence-corrected chi connectivity index (χ4v) is 3.40. The van der Waals surface area contributed by atoms with Crippen molar-refractivity contribution in [2.45, 2.75) is 57.0 Å². The van der Waals surface area contributed by atoms with Crippen molar-refractivity contribution in [2.24, 2.45) is 5.92 Å². The van der Waals surface area contributed by atoms with Crippen molar-refractivity contribution in [1.29, 1.82) is 0 Å². The topological polar surface area (TPSA) is 40.6 Å². The van der Waals surface area contributed by atoms with Crippen LogP contribution in [0, 0.1) is 5.92 Å². The Morgan fingerprint density at radius 1 is 1.22 bits per heavy atom. The van der Waals surface area contributed by atoms with Gasteiger partial charge in [0, 0.05) is 32.1 Å². The Bertz CT molecular complexity index is 359. The lowest BCUT2D eigenvalue weighted by Gasteiger charge is -2.25. The molecule has 0 aromatic heterocycles. The summed E-state index contributed by atoms with van der Waals surface area (Å²) in [5, 5.41) is 0. The van der Waals surface area contributed by atoms with Gasteiger partial charge in [-0.15, -0.1) is 0 Å². The highest BCUT2D eigenvalue weighted by Crippen LogP contribution is 2.32. The van der Waals surface area contributed by atoms with Gasteiger partial charge < -0.3 is 9.80 Å². The third-order valence-electron chi connectivity index (χ3n) is 4.72. The molecule has 0 bridgehead atoms. The molecule has 1 heterocycles. The second kappa shape index (κ2) is 4.56. The summed E-state index contributed by atoms with van der Waals surface area (Å²) in [4.78, 5) is 28.2. The van der Waals surface area contributed by atoms with E-state index in [1.807, 2.05) is 16.8 Å². The van der Waals surface area contributed by atoms with Gasteiger partial charge >= 0.3 is 0 Å². The van der Waals surface area contributed by atoms with Crippen molar-refractivity contribution in [3.05, 3.63) is 0 Å². The smallest absolute Gasteiger partial charge is 0.227 e. The molecule has 1 unspecified atom stereocenters. The van der Waals surface area contributed by atoms with E-state index in [1.54, 1.807) is 0 Å². The van der Waals surface area contributed by atoms with Crippen molar-refractivity contribution in [2.75, 3.05) is 13.6 Å². The standard InChI is InChI=1S/C14H22N2O2/c1-15(11-6-7-11)14(18)10-8-13(17)16(9-10)12-4-2-3-5-12/h10-12H,2-9H2,1H3. The molecule has 0 radical (unpaired) electrons. The van der Waals surface area contributed by atoms with E-state index in [-0.39, 0.29) is 17.7 Å². The van der Waals surface area contributed by atoms with Crippen LogP contribution >= 0.6 is 0 Å². The van der Waals surface area contributed by atoms with E-state index in [9.17, 15) is 9.59 Å². The first-order valence-corrected chi connectivity index (χ1v) is 7.23. The van der Waals surface area contributed by atoms with Gasteiger partial charge in [0.05, 0.1) is 5.92 Å². The molecule has 1 atom stereocenters. The van der Waals surface area contributed by atoms with Crippen LogP contribution in [0.4, 0.5) is 0 Å². The normalized spacial score (nSPS) is 29.1. The van der Waals surface area contributed by atoms with Gasteiger partial charge in [0.2, 0.25) is 11.8 Å². The minimum Gasteiger partial charge on any atom is -0.342 e. The number of rotatable bonds is 3. The van der Waals surface area contributed by atoms with E-state index in [4.69, 9.17) is 0 Å². The number of likely N-dealkylation sites (tertiary alicyclic amines) is 1. The second-order valence-corrected chi connectivity index (χ2v) is 6.07. The van der Waals surface area contributed by atoms with E-state index in [1.165, 1.54) is 12.8 Å². The summed E-state index contributed by atoms with van der Waals surface area (Å²) in [6.45, 7) is 0.666. The summed E-state index contributed by atoms with van der Waals surface area (Å²) in [5.41, 5.74) is 0. The van der Waals surface area contributed by atoms with Gasteiger partial charge in [0.25, 0.3) is 0 Å². The van der Waals surface area contributed by atoms with E-state index < -0.39 is 0 Å². The zero-order valence-electron chi connectivity index (χ0n) is 11.1. The van der Waals surface area contributed by atoms with Gasteiger partial charge in [0.15, 0.2) is 0 Å². The van der Waals surface area contributed by atoms with Crippen LogP contribution in [0.25, 0.3) is 0 Å². The van der Waals surface area contributed by atoms with Crippen LogP contribution in [0.1, 0.15) is 44.9 Å². The number of nitrogens with zero attached hydrogens (tertiary/aromatic N) is 2. The number of hydrogen-bond donors (Lipinski definition) is 0. The Kier molecular flexibility index (Phi) is 3.04. The van der Waals surface area contributed by atoms with Gasteiger partial charge in [-0.1, -0.05) is 12.8 Å². The molecule has 0 spiro atoms. The predicted octanol–water partition coefficient (Wildman–Crippen LogP) is 1.40. The SMILES string of the molecule is CN(C(=O)C1CC(=O)N(C2CCCC2)C1)C1CC1. The summed E-state index contributed by atoms with van der Waals surface area (Å²) >= 11 is 0. The molecule has 3 fully saturated rings. The van der Waals surface area contributed by atoms with Crippen LogP contribution in [-0.4, -0.2) is 47.3 Å². The Labute approximate surface area is 108 Å². The summed E-state index contributed by atoms with van der Waals surface area (Å²) < 4.78 is 0. The fourth-order valence-electron chi connectivity index (χ4n) is 3.40. The maximum atomic E-state index is 12.3. The van der Waals surface area contributed by atoms with Crippen molar-refractivity contribution in [3.8, 4) is 0 Å². The average Bonchev–Trinajstić information content (AvgIpc) is 2.93. The lowest BCUT2D eigenvalue weighted by atomic mass is 10.1. The Morgan fingerprint density at radius 3 is 2.50 bits per heavy atom. The van der Waals surface area contributed by atoms with Crippen molar-refractivity contribution < 1.29 is 9.59 Å². The quantitative estimate of drug-likeness (QED) is 0.759. The van der Waals surface area contributed by atoms with Crippen LogP contribution in [0.5, 0.6) is 0 Å². The zero-order valence-corrected chi connectivity index (χ0v) is 11.1. The number of amides is 2. The first-order chi connectivity index (χ1) is 8.66. The molecule has 100 valence electrons. The molecule has 4 heteroatoms. The van der Waals surface area contributed by atoms with E-state index in [0.717, 1.165) is 25.7 Å².